The molecule has 2 fully saturated rings. The number of fused-ring (bicyclic) bond motifs is 1. The molecule has 11 nitrogen and oxygen atoms in total. The van der Waals surface area contributed by atoms with Crippen molar-refractivity contribution in [3.05, 3.63) is 22.7 Å². The number of ether oxygens (including phenoxy) is 2. The summed E-state index contributed by atoms with van der Waals surface area (Å²) < 4.78 is 34.4. The third-order valence-electron chi connectivity index (χ3n) is 7.33. The van der Waals surface area contributed by atoms with Crippen LogP contribution in [0.3, 0.4) is 0 Å². The highest BCUT2D eigenvalue weighted by Crippen LogP contribution is 2.48. The number of hydrogen-bond donors (Lipinski definition) is 1. The molecule has 0 saturated carbocycles. The second kappa shape index (κ2) is 11.7. The Hall–Kier alpha value is -1.91. The van der Waals surface area contributed by atoms with Gasteiger partial charge in [0, 0.05) is 20.0 Å². The van der Waals surface area contributed by atoms with Gasteiger partial charge in [-0.3, -0.25) is 14.2 Å². The normalized spacial score (nSPS) is 26.8. The molecule has 214 valence electrons. The maximum absolute atomic E-state index is 13.0. The highest BCUT2D eigenvalue weighted by molar-refractivity contribution is 6.84. The van der Waals surface area contributed by atoms with Gasteiger partial charge in [-0.2, -0.15) is 4.98 Å². The third kappa shape index (κ3) is 5.82. The fourth-order valence-corrected chi connectivity index (χ4v) is 16.7. The van der Waals surface area contributed by atoms with Crippen LogP contribution in [0.2, 0.25) is 22.2 Å². The predicted octanol–water partition coefficient (Wildman–Crippen LogP) is 3.99. The van der Waals surface area contributed by atoms with E-state index in [1.54, 1.807) is 0 Å². The summed E-state index contributed by atoms with van der Waals surface area (Å²) in [4.78, 5) is 40.6. The van der Waals surface area contributed by atoms with Gasteiger partial charge in [0.05, 0.1) is 6.61 Å². The Bertz CT molecular complexity index is 1060. The highest BCUT2D eigenvalue weighted by atomic mass is 28.5. The smallest absolute Gasteiger partial charge is 0.351 e. The van der Waals surface area contributed by atoms with Crippen molar-refractivity contribution >= 4 is 34.8 Å². The van der Waals surface area contributed by atoms with Crippen LogP contribution in [-0.2, 0) is 32.0 Å². The molecular formula is C25H43N3O8Si2. The molecule has 38 heavy (non-hydrogen) atoms. The molecule has 1 aromatic heterocycles. The standard InChI is InChI=1S/C25H43N3O8Si2/c1-14(2)37(15(3)4)32-13-20-22(35-38(36-37,16(5)6)17(7)8)23(33-19(10)30)24(34-20)28-12-11-21(26-18(9)29)27-25(28)31/h11-12,14-17,20,22-24H,13H2,1-10H3,(H,26,27,29,31)/t20-,22-,23-,24-/m1/s1. The summed E-state index contributed by atoms with van der Waals surface area (Å²) in [6, 6.07) is 1.49. The van der Waals surface area contributed by atoms with Crippen molar-refractivity contribution in [2.45, 2.75) is 116 Å². The van der Waals surface area contributed by atoms with Gasteiger partial charge in [-0.15, -0.1) is 0 Å². The van der Waals surface area contributed by atoms with Crippen molar-refractivity contribution in [1.82, 2.24) is 9.55 Å². The van der Waals surface area contributed by atoms with Gasteiger partial charge in [0.15, 0.2) is 12.3 Å². The van der Waals surface area contributed by atoms with Gasteiger partial charge < -0.3 is 27.8 Å². The van der Waals surface area contributed by atoms with Gasteiger partial charge in [-0.1, -0.05) is 55.4 Å². The zero-order chi connectivity index (χ0) is 28.6. The summed E-state index contributed by atoms with van der Waals surface area (Å²) in [6.07, 6.45) is -1.79. The highest BCUT2D eigenvalue weighted by Gasteiger charge is 2.62. The number of anilines is 1. The van der Waals surface area contributed by atoms with Crippen molar-refractivity contribution in [3.63, 3.8) is 0 Å². The fraction of sp³-hybridized carbons (Fsp3) is 0.760. The molecule has 1 N–H and O–H groups in total. The molecule has 1 aromatic rings. The maximum Gasteiger partial charge on any atom is 0.351 e. The van der Waals surface area contributed by atoms with Crippen LogP contribution in [0.15, 0.2) is 17.1 Å². The van der Waals surface area contributed by atoms with Crippen LogP contribution in [0.5, 0.6) is 0 Å². The van der Waals surface area contributed by atoms with Crippen molar-refractivity contribution in [1.29, 1.82) is 0 Å². The quantitative estimate of drug-likeness (QED) is 0.383. The summed E-state index contributed by atoms with van der Waals surface area (Å²) in [6.45, 7) is 19.8. The van der Waals surface area contributed by atoms with E-state index in [1.807, 2.05) is 0 Å². The van der Waals surface area contributed by atoms with Gasteiger partial charge in [-0.25, -0.2) is 4.79 Å². The van der Waals surface area contributed by atoms with Gasteiger partial charge in [0.25, 0.3) is 0 Å². The first-order chi connectivity index (χ1) is 17.6. The number of esters is 1. The number of rotatable bonds is 7. The molecule has 4 atom stereocenters. The lowest BCUT2D eigenvalue weighted by Crippen LogP contribution is -2.66. The minimum Gasteiger partial charge on any atom is -0.455 e. The molecule has 13 heteroatoms. The first kappa shape index (κ1) is 30.6. The molecule has 1 amide bonds. The summed E-state index contributed by atoms with van der Waals surface area (Å²) in [5, 5.41) is 2.50. The van der Waals surface area contributed by atoms with Crippen LogP contribution in [0, 0.1) is 0 Å². The molecule has 2 aliphatic rings. The average molecular weight is 570 g/mol. The van der Waals surface area contributed by atoms with Gasteiger partial charge in [0.2, 0.25) is 5.91 Å². The maximum atomic E-state index is 13.0. The van der Waals surface area contributed by atoms with E-state index < -0.39 is 53.3 Å². The van der Waals surface area contributed by atoms with Crippen molar-refractivity contribution < 1.29 is 32.0 Å². The van der Waals surface area contributed by atoms with E-state index in [9.17, 15) is 14.4 Å². The summed E-state index contributed by atoms with van der Waals surface area (Å²) in [5.41, 5.74) is -0.224. The van der Waals surface area contributed by atoms with E-state index in [0.717, 1.165) is 0 Å². The molecule has 0 aliphatic carbocycles. The number of nitrogens with one attached hydrogen (secondary N) is 1. The predicted molar refractivity (Wildman–Crippen MR) is 146 cm³/mol. The van der Waals surface area contributed by atoms with E-state index in [1.165, 1.54) is 30.7 Å². The number of amides is 1. The Labute approximate surface area is 227 Å². The Morgan fingerprint density at radius 1 is 1.03 bits per heavy atom. The fourth-order valence-electron chi connectivity index (χ4n) is 5.52. The van der Waals surface area contributed by atoms with E-state index in [4.69, 9.17) is 22.4 Å². The van der Waals surface area contributed by atoms with Crippen LogP contribution in [0.25, 0.3) is 0 Å². The average Bonchev–Trinajstić information content (AvgIpc) is 3.08. The molecule has 0 aromatic carbocycles. The number of nitrogens with zero attached hydrogens (tertiary/aromatic N) is 2. The van der Waals surface area contributed by atoms with Crippen LogP contribution in [-0.4, -0.2) is 63.5 Å². The van der Waals surface area contributed by atoms with E-state index in [2.05, 4.69) is 65.7 Å². The molecule has 0 unspecified atom stereocenters. The minimum absolute atomic E-state index is 0.0626. The monoisotopic (exact) mass is 569 g/mol. The zero-order valence-electron chi connectivity index (χ0n) is 24.1. The van der Waals surface area contributed by atoms with Crippen molar-refractivity contribution in [2.75, 3.05) is 11.9 Å². The Kier molecular flexibility index (Phi) is 9.42. The van der Waals surface area contributed by atoms with Crippen LogP contribution < -0.4 is 11.0 Å². The molecular weight excluding hydrogens is 526 g/mol. The van der Waals surface area contributed by atoms with E-state index in [-0.39, 0.29) is 40.5 Å². The Balaban J connectivity index is 2.13. The van der Waals surface area contributed by atoms with Crippen LogP contribution in [0.4, 0.5) is 5.82 Å². The number of carbonyl (C=O) groups is 2. The number of hydrogen-bond acceptors (Lipinski definition) is 9. The first-order valence-corrected chi connectivity index (χ1v) is 17.3. The Morgan fingerprint density at radius 3 is 2.08 bits per heavy atom. The van der Waals surface area contributed by atoms with Gasteiger partial charge in [-0.05, 0) is 28.2 Å². The molecule has 0 radical (unpaired) electrons. The second-order valence-corrected chi connectivity index (χ2v) is 20.2. The molecule has 0 bridgehead atoms. The molecule has 3 heterocycles. The van der Waals surface area contributed by atoms with E-state index in [0.29, 0.717) is 0 Å². The van der Waals surface area contributed by atoms with Crippen LogP contribution in [0.1, 0.15) is 75.5 Å². The molecule has 0 spiro atoms. The lowest BCUT2D eigenvalue weighted by atomic mass is 10.1. The topological polar surface area (TPSA) is 127 Å². The van der Waals surface area contributed by atoms with Gasteiger partial charge >= 0.3 is 28.8 Å². The van der Waals surface area contributed by atoms with Gasteiger partial charge in [0.1, 0.15) is 18.0 Å². The lowest BCUT2D eigenvalue weighted by molar-refractivity contribution is -0.155. The third-order valence-corrected chi connectivity index (χ3v) is 17.6. The SMILES string of the molecule is CC(=O)Nc1ccn([C@@H]2O[C@@H]3CO[Si](C(C)C)(C(C)C)O[Si](C(C)C)(C(C)C)O[C@H]3[C@H]2OC(C)=O)c(=O)n1. The largest absolute Gasteiger partial charge is 0.455 e. The summed E-state index contributed by atoms with van der Waals surface area (Å²) in [7, 11) is -5.82. The lowest BCUT2D eigenvalue weighted by Gasteiger charge is -2.51. The first-order valence-electron chi connectivity index (χ1n) is 13.4. The number of aromatic nitrogens is 2. The van der Waals surface area contributed by atoms with Crippen LogP contribution >= 0.6 is 0 Å². The molecule has 3 rings (SSSR count). The molecule has 2 aliphatic heterocycles. The van der Waals surface area contributed by atoms with Crippen molar-refractivity contribution in [3.8, 4) is 0 Å². The zero-order valence-corrected chi connectivity index (χ0v) is 26.1. The minimum atomic E-state index is -3.02. The summed E-state index contributed by atoms with van der Waals surface area (Å²) in [5.74, 6) is -0.752. The Morgan fingerprint density at radius 2 is 1.61 bits per heavy atom. The number of carbonyl (C=O) groups excluding carboxylic acids is 2. The van der Waals surface area contributed by atoms with E-state index >= 15 is 0 Å². The second-order valence-electron chi connectivity index (χ2n) is 11.4. The summed E-state index contributed by atoms with van der Waals surface area (Å²) >= 11 is 0. The molecule has 2 saturated heterocycles. The van der Waals surface area contributed by atoms with Crippen molar-refractivity contribution in [2.24, 2.45) is 0 Å².